The molecule has 0 radical (unpaired) electrons. The maximum atomic E-state index is 12.6. The lowest BCUT2D eigenvalue weighted by Gasteiger charge is -2.16. The van der Waals surface area contributed by atoms with Gasteiger partial charge >= 0.3 is 0 Å². The molecule has 2 rings (SSSR count). The SMILES string of the molecule is CCOc1ccc(-c2ccc(CC#N)c(=O)n2CC(C)C)cc1. The van der Waals surface area contributed by atoms with Crippen molar-refractivity contribution in [2.75, 3.05) is 6.61 Å². The standard InChI is InChI=1S/C19H22N2O2/c1-4-23-17-8-5-15(6-9-17)18-10-7-16(11-12-20)19(22)21(18)13-14(2)3/h5-10,14H,4,11,13H2,1-3H3. The van der Waals surface area contributed by atoms with E-state index in [1.807, 2.05) is 37.3 Å². The second-order valence-electron chi connectivity index (χ2n) is 5.85. The summed E-state index contributed by atoms with van der Waals surface area (Å²) in [4.78, 5) is 12.6. The largest absolute Gasteiger partial charge is 0.494 e. The minimum atomic E-state index is -0.0772. The van der Waals surface area contributed by atoms with Gasteiger partial charge in [-0.1, -0.05) is 19.9 Å². The summed E-state index contributed by atoms with van der Waals surface area (Å²) in [6, 6.07) is 13.5. The van der Waals surface area contributed by atoms with Crippen molar-refractivity contribution < 1.29 is 4.74 Å². The van der Waals surface area contributed by atoms with Crippen molar-refractivity contribution >= 4 is 0 Å². The molecule has 120 valence electrons. The van der Waals surface area contributed by atoms with E-state index in [4.69, 9.17) is 10.00 Å². The van der Waals surface area contributed by atoms with Gasteiger partial charge in [0.2, 0.25) is 0 Å². The first-order valence-electron chi connectivity index (χ1n) is 7.89. The van der Waals surface area contributed by atoms with Crippen LogP contribution in [0, 0.1) is 17.2 Å². The smallest absolute Gasteiger partial charge is 0.255 e. The summed E-state index contributed by atoms with van der Waals surface area (Å²) in [5.74, 6) is 1.15. The van der Waals surface area contributed by atoms with Gasteiger partial charge in [0.15, 0.2) is 0 Å². The Morgan fingerprint density at radius 2 is 1.87 bits per heavy atom. The molecule has 0 fully saturated rings. The Hall–Kier alpha value is -2.54. The molecular formula is C19H22N2O2. The number of benzene rings is 1. The van der Waals surface area contributed by atoms with E-state index in [0.29, 0.717) is 24.6 Å². The molecule has 0 aliphatic carbocycles. The first-order valence-corrected chi connectivity index (χ1v) is 7.89. The third-order valence-corrected chi connectivity index (χ3v) is 3.53. The Morgan fingerprint density at radius 1 is 1.17 bits per heavy atom. The molecule has 1 heterocycles. The Balaban J connectivity index is 2.50. The van der Waals surface area contributed by atoms with Crippen molar-refractivity contribution in [2.24, 2.45) is 5.92 Å². The summed E-state index contributed by atoms with van der Waals surface area (Å²) in [5, 5.41) is 8.87. The van der Waals surface area contributed by atoms with E-state index in [1.165, 1.54) is 0 Å². The number of hydrogen-bond acceptors (Lipinski definition) is 3. The van der Waals surface area contributed by atoms with Gasteiger partial charge in [0.1, 0.15) is 5.75 Å². The van der Waals surface area contributed by atoms with Crippen LogP contribution in [-0.4, -0.2) is 11.2 Å². The average Bonchev–Trinajstić information content (AvgIpc) is 2.52. The van der Waals surface area contributed by atoms with Crippen LogP contribution < -0.4 is 10.3 Å². The van der Waals surface area contributed by atoms with Gasteiger partial charge < -0.3 is 9.30 Å². The molecule has 0 atom stereocenters. The van der Waals surface area contributed by atoms with E-state index < -0.39 is 0 Å². The topological polar surface area (TPSA) is 55.0 Å². The summed E-state index contributed by atoms with van der Waals surface area (Å²) in [6.07, 6.45) is 0.139. The minimum absolute atomic E-state index is 0.0772. The van der Waals surface area contributed by atoms with E-state index >= 15 is 0 Å². The highest BCUT2D eigenvalue weighted by Crippen LogP contribution is 2.22. The molecule has 1 aromatic heterocycles. The van der Waals surface area contributed by atoms with Crippen molar-refractivity contribution in [2.45, 2.75) is 33.7 Å². The van der Waals surface area contributed by atoms with Crippen LogP contribution in [0.1, 0.15) is 26.3 Å². The summed E-state index contributed by atoms with van der Waals surface area (Å²) >= 11 is 0. The third-order valence-electron chi connectivity index (χ3n) is 3.53. The molecule has 0 N–H and O–H groups in total. The number of aromatic nitrogens is 1. The fourth-order valence-corrected chi connectivity index (χ4v) is 2.53. The Labute approximate surface area is 137 Å². The summed E-state index contributed by atoms with van der Waals surface area (Å²) in [5.41, 5.74) is 2.30. The summed E-state index contributed by atoms with van der Waals surface area (Å²) < 4.78 is 7.23. The van der Waals surface area contributed by atoms with E-state index in [-0.39, 0.29) is 12.0 Å². The van der Waals surface area contributed by atoms with Crippen LogP contribution in [0.25, 0.3) is 11.3 Å². The average molecular weight is 310 g/mol. The molecule has 0 amide bonds. The molecule has 0 unspecified atom stereocenters. The van der Waals surface area contributed by atoms with Gasteiger partial charge in [-0.2, -0.15) is 5.26 Å². The van der Waals surface area contributed by atoms with Gasteiger partial charge in [-0.05, 0) is 48.7 Å². The van der Waals surface area contributed by atoms with Gasteiger partial charge in [-0.15, -0.1) is 0 Å². The molecule has 1 aromatic carbocycles. The molecule has 0 saturated carbocycles. The molecule has 0 aliphatic rings. The Morgan fingerprint density at radius 3 is 2.43 bits per heavy atom. The van der Waals surface area contributed by atoms with Gasteiger partial charge in [0, 0.05) is 12.1 Å². The number of nitriles is 1. The van der Waals surface area contributed by atoms with Crippen LogP contribution in [0.5, 0.6) is 5.75 Å². The lowest BCUT2D eigenvalue weighted by Crippen LogP contribution is -2.26. The van der Waals surface area contributed by atoms with E-state index in [2.05, 4.69) is 19.9 Å². The van der Waals surface area contributed by atoms with Gasteiger partial charge in [0.25, 0.3) is 5.56 Å². The van der Waals surface area contributed by atoms with Crippen LogP contribution in [0.3, 0.4) is 0 Å². The second kappa shape index (κ2) is 7.64. The van der Waals surface area contributed by atoms with Crippen LogP contribution in [0.15, 0.2) is 41.2 Å². The molecule has 4 heteroatoms. The van der Waals surface area contributed by atoms with Crippen molar-refractivity contribution in [3.05, 3.63) is 52.3 Å². The number of rotatable bonds is 6. The summed E-state index contributed by atoms with van der Waals surface area (Å²) in [7, 11) is 0. The minimum Gasteiger partial charge on any atom is -0.494 e. The van der Waals surface area contributed by atoms with Crippen LogP contribution in [0.4, 0.5) is 0 Å². The predicted molar refractivity (Wildman–Crippen MR) is 91.5 cm³/mol. The zero-order valence-electron chi connectivity index (χ0n) is 13.9. The molecule has 4 nitrogen and oxygen atoms in total. The number of hydrogen-bond donors (Lipinski definition) is 0. The Bertz CT molecular complexity index is 752. The van der Waals surface area contributed by atoms with Crippen molar-refractivity contribution in [1.82, 2.24) is 4.57 Å². The lowest BCUT2D eigenvalue weighted by atomic mass is 10.1. The van der Waals surface area contributed by atoms with Crippen molar-refractivity contribution in [1.29, 1.82) is 5.26 Å². The second-order valence-corrected chi connectivity index (χ2v) is 5.85. The van der Waals surface area contributed by atoms with E-state index in [9.17, 15) is 4.79 Å². The fourth-order valence-electron chi connectivity index (χ4n) is 2.53. The third kappa shape index (κ3) is 4.01. The molecule has 0 spiro atoms. The van der Waals surface area contributed by atoms with Crippen LogP contribution in [0.2, 0.25) is 0 Å². The van der Waals surface area contributed by atoms with Crippen LogP contribution >= 0.6 is 0 Å². The monoisotopic (exact) mass is 310 g/mol. The molecular weight excluding hydrogens is 288 g/mol. The van der Waals surface area contributed by atoms with Crippen molar-refractivity contribution in [3.8, 4) is 23.1 Å². The van der Waals surface area contributed by atoms with Crippen molar-refractivity contribution in [3.63, 3.8) is 0 Å². The highest BCUT2D eigenvalue weighted by Gasteiger charge is 2.12. The Kier molecular flexibility index (Phi) is 5.59. The highest BCUT2D eigenvalue weighted by molar-refractivity contribution is 5.61. The first kappa shape index (κ1) is 16.8. The molecule has 0 aliphatic heterocycles. The number of nitrogens with zero attached hydrogens (tertiary/aromatic N) is 2. The summed E-state index contributed by atoms with van der Waals surface area (Å²) in [6.45, 7) is 7.35. The predicted octanol–water partition coefficient (Wildman–Crippen LogP) is 3.64. The normalized spacial score (nSPS) is 10.6. The first-order chi connectivity index (χ1) is 11.1. The lowest BCUT2D eigenvalue weighted by molar-refractivity contribution is 0.340. The number of ether oxygens (including phenoxy) is 1. The fraction of sp³-hybridized carbons (Fsp3) is 0.368. The van der Waals surface area contributed by atoms with Crippen LogP contribution in [-0.2, 0) is 13.0 Å². The zero-order chi connectivity index (χ0) is 16.8. The molecule has 0 bridgehead atoms. The molecule has 0 saturated heterocycles. The van der Waals surface area contributed by atoms with Gasteiger partial charge in [-0.25, -0.2) is 0 Å². The highest BCUT2D eigenvalue weighted by atomic mass is 16.5. The quantitative estimate of drug-likeness (QED) is 0.818. The van der Waals surface area contributed by atoms with E-state index in [1.54, 1.807) is 10.6 Å². The molecule has 23 heavy (non-hydrogen) atoms. The number of pyridine rings is 1. The maximum absolute atomic E-state index is 12.6. The van der Waals surface area contributed by atoms with Gasteiger partial charge in [0.05, 0.1) is 24.8 Å². The molecule has 2 aromatic rings. The van der Waals surface area contributed by atoms with E-state index in [0.717, 1.165) is 17.0 Å². The maximum Gasteiger partial charge on any atom is 0.255 e. The van der Waals surface area contributed by atoms with Gasteiger partial charge in [-0.3, -0.25) is 4.79 Å². The zero-order valence-corrected chi connectivity index (χ0v) is 13.9.